The molecule has 1 aromatic rings. The standard InChI is InChI=1S/C11H10Br3NO2/c1-2-5(11(16)17)3-6-7(12)4-8(13)10(15)9(6)14/h3-4H,2,15H2,1H3,(H,16,17)/b5-3+. The smallest absolute Gasteiger partial charge is 0.331 e. The molecule has 6 heteroatoms. The number of aliphatic carboxylic acids is 1. The van der Waals surface area contributed by atoms with Crippen LogP contribution in [-0.4, -0.2) is 11.1 Å². The first-order chi connectivity index (χ1) is 7.88. The van der Waals surface area contributed by atoms with Crippen molar-refractivity contribution in [3.8, 4) is 0 Å². The largest absolute Gasteiger partial charge is 0.478 e. The van der Waals surface area contributed by atoms with E-state index in [1.165, 1.54) is 0 Å². The summed E-state index contributed by atoms with van der Waals surface area (Å²) in [6, 6.07) is 1.79. The molecule has 3 nitrogen and oxygen atoms in total. The number of anilines is 1. The van der Waals surface area contributed by atoms with Gasteiger partial charge in [0, 0.05) is 24.6 Å². The molecule has 0 amide bonds. The third kappa shape index (κ3) is 3.33. The minimum atomic E-state index is -0.923. The number of hydrogen-bond donors (Lipinski definition) is 2. The number of nitrogens with two attached hydrogens (primary N) is 1. The van der Waals surface area contributed by atoms with Gasteiger partial charge in [-0.1, -0.05) is 22.9 Å². The summed E-state index contributed by atoms with van der Waals surface area (Å²) >= 11 is 10.1. The van der Waals surface area contributed by atoms with Crippen molar-refractivity contribution in [3.05, 3.63) is 30.6 Å². The third-order valence-corrected chi connectivity index (χ3v) is 4.38. The molecule has 0 bridgehead atoms. The fraction of sp³-hybridized carbons (Fsp3) is 0.182. The van der Waals surface area contributed by atoms with E-state index in [4.69, 9.17) is 10.8 Å². The average molecular weight is 428 g/mol. The monoisotopic (exact) mass is 425 g/mol. The van der Waals surface area contributed by atoms with Crippen molar-refractivity contribution in [1.29, 1.82) is 0 Å². The van der Waals surface area contributed by atoms with E-state index in [0.717, 1.165) is 14.5 Å². The van der Waals surface area contributed by atoms with Crippen LogP contribution >= 0.6 is 47.8 Å². The Morgan fingerprint density at radius 2 is 2.00 bits per heavy atom. The van der Waals surface area contributed by atoms with Crippen LogP contribution in [0.15, 0.2) is 25.1 Å². The SMILES string of the molecule is CC/C(=C\c1c(Br)cc(Br)c(N)c1Br)C(=O)O. The molecule has 3 N–H and O–H groups in total. The van der Waals surface area contributed by atoms with Gasteiger partial charge >= 0.3 is 5.97 Å². The van der Waals surface area contributed by atoms with Gasteiger partial charge in [0.15, 0.2) is 0 Å². The number of halogens is 3. The number of rotatable bonds is 3. The molecule has 1 rings (SSSR count). The van der Waals surface area contributed by atoms with Crippen molar-refractivity contribution in [2.24, 2.45) is 0 Å². The number of benzene rings is 1. The van der Waals surface area contributed by atoms with Crippen LogP contribution in [0.5, 0.6) is 0 Å². The lowest BCUT2D eigenvalue weighted by molar-refractivity contribution is -0.132. The average Bonchev–Trinajstić information content (AvgIpc) is 2.26. The van der Waals surface area contributed by atoms with E-state index in [1.54, 1.807) is 19.1 Å². The third-order valence-electron chi connectivity index (χ3n) is 2.22. The van der Waals surface area contributed by atoms with Crippen LogP contribution in [0.25, 0.3) is 6.08 Å². The minimum Gasteiger partial charge on any atom is -0.478 e. The number of nitrogen functional groups attached to an aromatic ring is 1. The zero-order valence-electron chi connectivity index (χ0n) is 8.93. The predicted molar refractivity (Wildman–Crippen MR) is 79.9 cm³/mol. The Hall–Kier alpha value is -0.330. The van der Waals surface area contributed by atoms with E-state index in [-0.39, 0.29) is 0 Å². The number of carbonyl (C=O) groups is 1. The van der Waals surface area contributed by atoms with E-state index in [1.807, 2.05) is 0 Å². The van der Waals surface area contributed by atoms with Crippen LogP contribution in [0.1, 0.15) is 18.9 Å². The maximum absolute atomic E-state index is 11.0. The molecule has 0 spiro atoms. The molecule has 0 aliphatic carbocycles. The zero-order chi connectivity index (χ0) is 13.2. The summed E-state index contributed by atoms with van der Waals surface area (Å²) in [5, 5.41) is 9.00. The van der Waals surface area contributed by atoms with E-state index >= 15 is 0 Å². The van der Waals surface area contributed by atoms with Crippen molar-refractivity contribution in [2.75, 3.05) is 5.73 Å². The van der Waals surface area contributed by atoms with Gasteiger partial charge < -0.3 is 10.8 Å². The number of hydrogen-bond acceptors (Lipinski definition) is 2. The maximum Gasteiger partial charge on any atom is 0.331 e. The fourth-order valence-electron chi connectivity index (χ4n) is 1.24. The molecule has 0 saturated carbocycles. The molecule has 0 saturated heterocycles. The summed E-state index contributed by atoms with van der Waals surface area (Å²) in [6.45, 7) is 1.80. The van der Waals surface area contributed by atoms with Gasteiger partial charge in [-0.05, 0) is 50.4 Å². The van der Waals surface area contributed by atoms with Crippen molar-refractivity contribution in [3.63, 3.8) is 0 Å². The van der Waals surface area contributed by atoms with Crippen LogP contribution in [0.4, 0.5) is 5.69 Å². The molecule has 0 radical (unpaired) electrons. The van der Waals surface area contributed by atoms with Crippen LogP contribution in [0.3, 0.4) is 0 Å². The highest BCUT2D eigenvalue weighted by molar-refractivity contribution is 9.11. The van der Waals surface area contributed by atoms with E-state index < -0.39 is 5.97 Å². The quantitative estimate of drug-likeness (QED) is 0.554. The lowest BCUT2D eigenvalue weighted by atomic mass is 10.1. The maximum atomic E-state index is 11.0. The first-order valence-corrected chi connectivity index (χ1v) is 7.13. The first-order valence-electron chi connectivity index (χ1n) is 4.75. The van der Waals surface area contributed by atoms with Gasteiger partial charge in [-0.2, -0.15) is 0 Å². The van der Waals surface area contributed by atoms with Gasteiger partial charge in [0.25, 0.3) is 0 Å². The molecule has 0 unspecified atom stereocenters. The van der Waals surface area contributed by atoms with Gasteiger partial charge in [0.2, 0.25) is 0 Å². The summed E-state index contributed by atoms with van der Waals surface area (Å²) in [5.41, 5.74) is 7.45. The Morgan fingerprint density at radius 3 is 2.47 bits per heavy atom. The molecule has 0 aromatic heterocycles. The Balaban J connectivity index is 3.42. The van der Waals surface area contributed by atoms with Crippen LogP contribution < -0.4 is 5.73 Å². The highest BCUT2D eigenvalue weighted by Gasteiger charge is 2.13. The first kappa shape index (κ1) is 14.7. The molecule has 0 fully saturated rings. The molecule has 0 atom stereocenters. The van der Waals surface area contributed by atoms with E-state index in [0.29, 0.717) is 22.2 Å². The van der Waals surface area contributed by atoms with Crippen molar-refractivity contribution < 1.29 is 9.90 Å². The topological polar surface area (TPSA) is 63.3 Å². The van der Waals surface area contributed by atoms with Crippen LogP contribution in [0.2, 0.25) is 0 Å². The lowest BCUT2D eigenvalue weighted by Gasteiger charge is -2.09. The van der Waals surface area contributed by atoms with Gasteiger partial charge in [0.05, 0.1) is 5.69 Å². The Bertz CT molecular complexity index is 498. The number of carboxylic acid groups (broad SMARTS) is 1. The predicted octanol–water partition coefficient (Wildman–Crippen LogP) is 4.43. The minimum absolute atomic E-state index is 0.327. The Labute approximate surface area is 124 Å². The summed E-state index contributed by atoms with van der Waals surface area (Å²) in [7, 11) is 0. The summed E-state index contributed by atoms with van der Waals surface area (Å²) < 4.78 is 2.20. The Kier molecular flexibility index (Phi) is 5.22. The van der Waals surface area contributed by atoms with E-state index in [2.05, 4.69) is 47.8 Å². The molecular formula is C11H10Br3NO2. The molecule has 0 aliphatic heterocycles. The molecular weight excluding hydrogens is 418 g/mol. The molecule has 0 heterocycles. The van der Waals surface area contributed by atoms with Crippen molar-refractivity contribution in [2.45, 2.75) is 13.3 Å². The number of carboxylic acids is 1. The normalized spacial score (nSPS) is 11.6. The lowest BCUT2D eigenvalue weighted by Crippen LogP contribution is -2.00. The summed E-state index contributed by atoms with van der Waals surface area (Å²) in [6.07, 6.45) is 2.06. The summed E-state index contributed by atoms with van der Waals surface area (Å²) in [5.74, 6) is -0.923. The van der Waals surface area contributed by atoms with Crippen molar-refractivity contribution >= 4 is 65.5 Å². The van der Waals surface area contributed by atoms with E-state index in [9.17, 15) is 4.79 Å². The second kappa shape index (κ2) is 6.02. The summed E-state index contributed by atoms with van der Waals surface area (Å²) in [4.78, 5) is 11.0. The highest BCUT2D eigenvalue weighted by Crippen LogP contribution is 2.37. The second-order valence-electron chi connectivity index (χ2n) is 3.31. The van der Waals surface area contributed by atoms with Crippen LogP contribution in [-0.2, 0) is 4.79 Å². The molecule has 0 aliphatic rings. The van der Waals surface area contributed by atoms with Gasteiger partial charge in [-0.3, -0.25) is 0 Å². The van der Waals surface area contributed by atoms with Crippen LogP contribution in [0, 0.1) is 0 Å². The van der Waals surface area contributed by atoms with Gasteiger partial charge in [-0.25, -0.2) is 4.79 Å². The Morgan fingerprint density at radius 1 is 1.41 bits per heavy atom. The molecule has 1 aromatic carbocycles. The molecule has 17 heavy (non-hydrogen) atoms. The second-order valence-corrected chi connectivity index (χ2v) is 5.81. The highest BCUT2D eigenvalue weighted by atomic mass is 79.9. The fourth-order valence-corrected chi connectivity index (χ4v) is 3.59. The van der Waals surface area contributed by atoms with Gasteiger partial charge in [-0.15, -0.1) is 0 Å². The van der Waals surface area contributed by atoms with Gasteiger partial charge in [0.1, 0.15) is 0 Å². The van der Waals surface area contributed by atoms with Crippen molar-refractivity contribution in [1.82, 2.24) is 0 Å². The molecule has 92 valence electrons. The zero-order valence-corrected chi connectivity index (χ0v) is 13.7.